The van der Waals surface area contributed by atoms with E-state index in [0.717, 1.165) is 26.0 Å². The largest absolute Gasteiger partial charge is 0.378 e. The van der Waals surface area contributed by atoms with Gasteiger partial charge in [-0.3, -0.25) is 0 Å². The second-order valence-electron chi connectivity index (χ2n) is 3.95. The SMILES string of the molecule is CCC1OCCC1CNC(=O)N(C)C. The molecule has 2 unspecified atom stereocenters. The van der Waals surface area contributed by atoms with Crippen LogP contribution in [0.25, 0.3) is 0 Å². The minimum Gasteiger partial charge on any atom is -0.378 e. The van der Waals surface area contributed by atoms with Crippen LogP contribution in [-0.4, -0.2) is 44.3 Å². The van der Waals surface area contributed by atoms with E-state index in [-0.39, 0.29) is 6.03 Å². The topological polar surface area (TPSA) is 41.6 Å². The predicted molar refractivity (Wildman–Crippen MR) is 55.2 cm³/mol. The van der Waals surface area contributed by atoms with Gasteiger partial charge in [-0.15, -0.1) is 0 Å². The maximum Gasteiger partial charge on any atom is 0.316 e. The molecule has 2 amide bonds. The summed E-state index contributed by atoms with van der Waals surface area (Å²) >= 11 is 0. The van der Waals surface area contributed by atoms with Crippen LogP contribution < -0.4 is 5.32 Å². The number of ether oxygens (including phenoxy) is 1. The van der Waals surface area contributed by atoms with Gasteiger partial charge in [0.05, 0.1) is 6.10 Å². The van der Waals surface area contributed by atoms with Gasteiger partial charge in [0.2, 0.25) is 0 Å². The van der Waals surface area contributed by atoms with Crippen LogP contribution in [0.1, 0.15) is 19.8 Å². The molecule has 1 saturated heterocycles. The van der Waals surface area contributed by atoms with Crippen LogP contribution in [0.15, 0.2) is 0 Å². The summed E-state index contributed by atoms with van der Waals surface area (Å²) in [6.45, 7) is 3.69. The standard InChI is InChI=1S/C10H20N2O2/c1-4-9-8(5-6-14-9)7-11-10(13)12(2)3/h8-9H,4-7H2,1-3H3,(H,11,13). The van der Waals surface area contributed by atoms with Crippen molar-refractivity contribution in [3.8, 4) is 0 Å². The number of carbonyl (C=O) groups excluding carboxylic acids is 1. The molecule has 0 bridgehead atoms. The Morgan fingerprint density at radius 3 is 2.86 bits per heavy atom. The van der Waals surface area contributed by atoms with E-state index in [1.54, 1.807) is 19.0 Å². The minimum absolute atomic E-state index is 0.0215. The average Bonchev–Trinajstić information content (AvgIpc) is 2.60. The van der Waals surface area contributed by atoms with Crippen molar-refractivity contribution in [1.29, 1.82) is 0 Å². The van der Waals surface area contributed by atoms with Gasteiger partial charge in [-0.2, -0.15) is 0 Å². The molecule has 0 aromatic heterocycles. The van der Waals surface area contributed by atoms with E-state index in [9.17, 15) is 4.79 Å². The monoisotopic (exact) mass is 200 g/mol. The fraction of sp³-hybridized carbons (Fsp3) is 0.900. The van der Waals surface area contributed by atoms with E-state index in [2.05, 4.69) is 12.2 Å². The average molecular weight is 200 g/mol. The molecule has 1 aliphatic heterocycles. The molecule has 0 spiro atoms. The fourth-order valence-electron chi connectivity index (χ4n) is 1.75. The summed E-state index contributed by atoms with van der Waals surface area (Å²) in [4.78, 5) is 12.8. The van der Waals surface area contributed by atoms with Crippen molar-refractivity contribution >= 4 is 6.03 Å². The smallest absolute Gasteiger partial charge is 0.316 e. The van der Waals surface area contributed by atoms with E-state index in [4.69, 9.17) is 4.74 Å². The van der Waals surface area contributed by atoms with Crippen LogP contribution >= 0.6 is 0 Å². The molecule has 0 aromatic carbocycles. The number of hydrogen-bond donors (Lipinski definition) is 1. The van der Waals surface area contributed by atoms with Crippen LogP contribution in [0.3, 0.4) is 0 Å². The van der Waals surface area contributed by atoms with Crippen molar-refractivity contribution in [2.75, 3.05) is 27.2 Å². The molecule has 14 heavy (non-hydrogen) atoms. The van der Waals surface area contributed by atoms with Gasteiger partial charge in [0.1, 0.15) is 0 Å². The third kappa shape index (κ3) is 2.87. The molecule has 0 saturated carbocycles. The highest BCUT2D eigenvalue weighted by molar-refractivity contribution is 5.73. The molecular formula is C10H20N2O2. The van der Waals surface area contributed by atoms with Gasteiger partial charge < -0.3 is 15.0 Å². The third-order valence-corrected chi connectivity index (χ3v) is 2.67. The lowest BCUT2D eigenvalue weighted by Gasteiger charge is -2.19. The Hall–Kier alpha value is -0.770. The van der Waals surface area contributed by atoms with E-state index < -0.39 is 0 Å². The first-order chi connectivity index (χ1) is 6.65. The molecule has 2 atom stereocenters. The summed E-state index contributed by atoms with van der Waals surface area (Å²) in [5.74, 6) is 0.490. The van der Waals surface area contributed by atoms with Crippen molar-refractivity contribution < 1.29 is 9.53 Å². The quantitative estimate of drug-likeness (QED) is 0.740. The Bertz CT molecular complexity index is 195. The summed E-state index contributed by atoms with van der Waals surface area (Å²) in [6, 6.07) is -0.0215. The summed E-state index contributed by atoms with van der Waals surface area (Å²) in [5.41, 5.74) is 0. The maximum atomic E-state index is 11.3. The van der Waals surface area contributed by atoms with Crippen molar-refractivity contribution in [2.24, 2.45) is 5.92 Å². The molecule has 0 radical (unpaired) electrons. The van der Waals surface area contributed by atoms with Crippen LogP contribution in [0.5, 0.6) is 0 Å². The fourth-order valence-corrected chi connectivity index (χ4v) is 1.75. The molecule has 4 nitrogen and oxygen atoms in total. The molecule has 1 heterocycles. The Morgan fingerprint density at radius 2 is 2.29 bits per heavy atom. The van der Waals surface area contributed by atoms with Crippen LogP contribution in [0.2, 0.25) is 0 Å². The second kappa shape index (κ2) is 5.20. The summed E-state index contributed by atoms with van der Waals surface area (Å²) in [6.07, 6.45) is 2.42. The van der Waals surface area contributed by atoms with Gasteiger partial charge in [0.15, 0.2) is 0 Å². The van der Waals surface area contributed by atoms with Gasteiger partial charge in [0.25, 0.3) is 0 Å². The maximum absolute atomic E-state index is 11.3. The summed E-state index contributed by atoms with van der Waals surface area (Å²) in [7, 11) is 3.50. The van der Waals surface area contributed by atoms with Crippen LogP contribution in [0, 0.1) is 5.92 Å². The first-order valence-electron chi connectivity index (χ1n) is 5.22. The molecular weight excluding hydrogens is 180 g/mol. The van der Waals surface area contributed by atoms with Crippen molar-refractivity contribution in [2.45, 2.75) is 25.9 Å². The number of hydrogen-bond acceptors (Lipinski definition) is 2. The highest BCUT2D eigenvalue weighted by Gasteiger charge is 2.26. The lowest BCUT2D eigenvalue weighted by Crippen LogP contribution is -2.39. The number of amides is 2. The number of nitrogens with one attached hydrogen (secondary N) is 1. The van der Waals surface area contributed by atoms with Gasteiger partial charge in [-0.1, -0.05) is 6.92 Å². The third-order valence-electron chi connectivity index (χ3n) is 2.67. The summed E-state index contributed by atoms with van der Waals surface area (Å²) in [5, 5.41) is 2.90. The van der Waals surface area contributed by atoms with E-state index in [1.807, 2.05) is 0 Å². The Balaban J connectivity index is 2.27. The molecule has 1 fully saturated rings. The molecule has 1 N–H and O–H groups in total. The lowest BCUT2D eigenvalue weighted by atomic mass is 10.00. The normalized spacial score (nSPS) is 26.2. The van der Waals surface area contributed by atoms with Crippen molar-refractivity contribution in [3.05, 3.63) is 0 Å². The Kier molecular flexibility index (Phi) is 4.20. The first kappa shape index (κ1) is 11.3. The van der Waals surface area contributed by atoms with Crippen molar-refractivity contribution in [3.63, 3.8) is 0 Å². The predicted octanol–water partition coefficient (Wildman–Crippen LogP) is 1.07. The Morgan fingerprint density at radius 1 is 1.57 bits per heavy atom. The molecule has 0 aliphatic carbocycles. The van der Waals surface area contributed by atoms with Crippen LogP contribution in [0.4, 0.5) is 4.79 Å². The Labute approximate surface area is 85.6 Å². The zero-order valence-electron chi connectivity index (χ0n) is 9.25. The molecule has 82 valence electrons. The first-order valence-corrected chi connectivity index (χ1v) is 5.22. The molecule has 1 rings (SSSR count). The zero-order valence-corrected chi connectivity index (χ0v) is 9.25. The van der Waals surface area contributed by atoms with E-state index >= 15 is 0 Å². The number of rotatable bonds is 3. The number of urea groups is 1. The van der Waals surface area contributed by atoms with E-state index in [0.29, 0.717) is 12.0 Å². The molecule has 4 heteroatoms. The summed E-state index contributed by atoms with van der Waals surface area (Å²) < 4.78 is 5.54. The molecule has 1 aliphatic rings. The van der Waals surface area contributed by atoms with Gasteiger partial charge in [0, 0.05) is 33.2 Å². The van der Waals surface area contributed by atoms with Crippen molar-refractivity contribution in [1.82, 2.24) is 10.2 Å². The zero-order chi connectivity index (χ0) is 10.6. The number of carbonyl (C=O) groups is 1. The number of nitrogens with zero attached hydrogens (tertiary/aromatic N) is 1. The molecule has 0 aromatic rings. The van der Waals surface area contributed by atoms with Gasteiger partial charge in [-0.25, -0.2) is 4.79 Å². The van der Waals surface area contributed by atoms with Crippen LogP contribution in [-0.2, 0) is 4.74 Å². The second-order valence-corrected chi connectivity index (χ2v) is 3.95. The minimum atomic E-state index is -0.0215. The highest BCUT2D eigenvalue weighted by Crippen LogP contribution is 2.22. The van der Waals surface area contributed by atoms with Gasteiger partial charge >= 0.3 is 6.03 Å². The lowest BCUT2D eigenvalue weighted by molar-refractivity contribution is 0.0875. The van der Waals surface area contributed by atoms with E-state index in [1.165, 1.54) is 0 Å². The van der Waals surface area contributed by atoms with Gasteiger partial charge in [-0.05, 0) is 12.8 Å². The highest BCUT2D eigenvalue weighted by atomic mass is 16.5.